The molecular formula is C26H19Cl2FN2O5. The molecule has 0 saturated carbocycles. The summed E-state index contributed by atoms with van der Waals surface area (Å²) < 4.78 is 25.4. The standard InChI is InChI=1S/C26H19Cl2FN2O5/c1-2-35-22-13-15(12-20(28)23(22)36-14-16-5-3-4-6-21(16)29)11-19-24(32)30-26(34)31(25(19)33)18-9-7-17(27)8-10-18/h3-13H,2,14H2,1H3,(H,30,32,34)/b19-11+. The Bertz CT molecular complexity index is 1380. The molecular weight excluding hydrogens is 510 g/mol. The van der Waals surface area contributed by atoms with Crippen LogP contribution in [0.2, 0.25) is 10.0 Å². The van der Waals surface area contributed by atoms with Crippen LogP contribution in [0, 0.1) is 5.82 Å². The first-order chi connectivity index (χ1) is 17.3. The van der Waals surface area contributed by atoms with Crippen molar-refractivity contribution in [3.63, 3.8) is 0 Å². The quantitative estimate of drug-likeness (QED) is 0.310. The molecule has 1 aliphatic rings. The molecule has 0 unspecified atom stereocenters. The van der Waals surface area contributed by atoms with Gasteiger partial charge in [0.15, 0.2) is 11.5 Å². The van der Waals surface area contributed by atoms with E-state index in [1.165, 1.54) is 48.5 Å². The summed E-state index contributed by atoms with van der Waals surface area (Å²) in [7, 11) is 0. The molecule has 1 aliphatic heterocycles. The van der Waals surface area contributed by atoms with E-state index in [0.717, 1.165) is 4.90 Å². The van der Waals surface area contributed by atoms with Gasteiger partial charge in [-0.05, 0) is 61.0 Å². The van der Waals surface area contributed by atoms with E-state index in [9.17, 15) is 18.8 Å². The van der Waals surface area contributed by atoms with E-state index in [-0.39, 0.29) is 41.0 Å². The molecule has 1 fully saturated rings. The van der Waals surface area contributed by atoms with E-state index in [2.05, 4.69) is 5.32 Å². The average molecular weight is 529 g/mol. The highest BCUT2D eigenvalue weighted by Crippen LogP contribution is 2.38. The maximum Gasteiger partial charge on any atom is 0.335 e. The van der Waals surface area contributed by atoms with Crippen molar-refractivity contribution in [3.05, 3.63) is 93.2 Å². The van der Waals surface area contributed by atoms with Crippen LogP contribution in [0.25, 0.3) is 6.08 Å². The van der Waals surface area contributed by atoms with Crippen LogP contribution in [0.3, 0.4) is 0 Å². The molecule has 3 aromatic carbocycles. The Morgan fingerprint density at radius 1 is 1.00 bits per heavy atom. The smallest absolute Gasteiger partial charge is 0.335 e. The molecule has 184 valence electrons. The summed E-state index contributed by atoms with van der Waals surface area (Å²) in [6.45, 7) is 1.93. The van der Waals surface area contributed by atoms with Crippen LogP contribution < -0.4 is 19.7 Å². The third kappa shape index (κ3) is 5.35. The number of imide groups is 2. The van der Waals surface area contributed by atoms with E-state index >= 15 is 0 Å². The topological polar surface area (TPSA) is 84.9 Å². The first-order valence-corrected chi connectivity index (χ1v) is 11.5. The van der Waals surface area contributed by atoms with Gasteiger partial charge in [0.2, 0.25) is 0 Å². The van der Waals surface area contributed by atoms with Gasteiger partial charge in [-0.1, -0.05) is 41.4 Å². The molecule has 0 bridgehead atoms. The lowest BCUT2D eigenvalue weighted by atomic mass is 10.1. The maximum atomic E-state index is 14.0. The van der Waals surface area contributed by atoms with Crippen LogP contribution in [0.15, 0.2) is 66.2 Å². The van der Waals surface area contributed by atoms with Gasteiger partial charge in [0, 0.05) is 10.6 Å². The molecule has 0 aliphatic carbocycles. The van der Waals surface area contributed by atoms with Crippen LogP contribution in [0.4, 0.5) is 14.9 Å². The summed E-state index contributed by atoms with van der Waals surface area (Å²) in [4.78, 5) is 38.8. The zero-order chi connectivity index (χ0) is 25.8. The second-order valence-electron chi connectivity index (χ2n) is 7.58. The van der Waals surface area contributed by atoms with Crippen LogP contribution in [-0.2, 0) is 16.2 Å². The first kappa shape index (κ1) is 25.2. The summed E-state index contributed by atoms with van der Waals surface area (Å²) in [6.07, 6.45) is 1.29. The molecule has 36 heavy (non-hydrogen) atoms. The highest BCUT2D eigenvalue weighted by atomic mass is 35.5. The van der Waals surface area contributed by atoms with Crippen molar-refractivity contribution < 1.29 is 28.2 Å². The Kier molecular flexibility index (Phi) is 7.57. The zero-order valence-corrected chi connectivity index (χ0v) is 20.4. The van der Waals surface area contributed by atoms with Crippen molar-refractivity contribution in [2.75, 3.05) is 11.5 Å². The molecule has 0 aromatic heterocycles. The van der Waals surface area contributed by atoms with Crippen LogP contribution in [0.5, 0.6) is 11.5 Å². The molecule has 7 nitrogen and oxygen atoms in total. The Morgan fingerprint density at radius 2 is 1.72 bits per heavy atom. The molecule has 10 heteroatoms. The number of nitrogens with zero attached hydrogens (tertiary/aromatic N) is 1. The number of hydrogen-bond donors (Lipinski definition) is 1. The van der Waals surface area contributed by atoms with Crippen molar-refractivity contribution >= 4 is 52.8 Å². The number of halogens is 3. The van der Waals surface area contributed by atoms with Gasteiger partial charge in [-0.25, -0.2) is 14.1 Å². The number of rotatable bonds is 7. The van der Waals surface area contributed by atoms with Gasteiger partial charge in [-0.15, -0.1) is 0 Å². The van der Waals surface area contributed by atoms with Gasteiger partial charge in [0.25, 0.3) is 11.8 Å². The molecule has 1 N–H and O–H groups in total. The highest BCUT2D eigenvalue weighted by molar-refractivity contribution is 6.39. The number of carbonyl (C=O) groups excluding carboxylic acids is 3. The Morgan fingerprint density at radius 3 is 2.42 bits per heavy atom. The summed E-state index contributed by atoms with van der Waals surface area (Å²) >= 11 is 12.3. The van der Waals surface area contributed by atoms with Gasteiger partial charge >= 0.3 is 6.03 Å². The Labute approximate surface area is 216 Å². The molecule has 3 aromatic rings. The van der Waals surface area contributed by atoms with Gasteiger partial charge in [0.1, 0.15) is 18.0 Å². The summed E-state index contributed by atoms with van der Waals surface area (Å²) in [6, 6.07) is 14.3. The molecule has 0 radical (unpaired) electrons. The number of amides is 4. The molecule has 0 atom stereocenters. The minimum absolute atomic E-state index is 0.0913. The largest absolute Gasteiger partial charge is 0.490 e. The fourth-order valence-corrected chi connectivity index (χ4v) is 3.89. The van der Waals surface area contributed by atoms with Crippen molar-refractivity contribution in [2.24, 2.45) is 0 Å². The lowest BCUT2D eigenvalue weighted by Gasteiger charge is -2.26. The number of nitrogens with one attached hydrogen (secondary N) is 1. The third-order valence-corrected chi connectivity index (χ3v) is 5.69. The van der Waals surface area contributed by atoms with E-state index in [0.29, 0.717) is 16.1 Å². The zero-order valence-electron chi connectivity index (χ0n) is 18.9. The number of anilines is 1. The van der Waals surface area contributed by atoms with Crippen LogP contribution in [0.1, 0.15) is 18.1 Å². The van der Waals surface area contributed by atoms with E-state index in [1.807, 2.05) is 0 Å². The number of ether oxygens (including phenoxy) is 2. The Hall–Kier alpha value is -3.88. The highest BCUT2D eigenvalue weighted by Gasteiger charge is 2.36. The van der Waals surface area contributed by atoms with E-state index in [1.54, 1.807) is 25.1 Å². The van der Waals surface area contributed by atoms with Gasteiger partial charge < -0.3 is 9.47 Å². The Balaban J connectivity index is 1.66. The lowest BCUT2D eigenvalue weighted by Crippen LogP contribution is -2.54. The maximum absolute atomic E-state index is 14.0. The third-order valence-electron chi connectivity index (χ3n) is 5.16. The predicted octanol–water partition coefficient (Wildman–Crippen LogP) is 5.78. The first-order valence-electron chi connectivity index (χ1n) is 10.8. The average Bonchev–Trinajstić information content (AvgIpc) is 2.83. The second kappa shape index (κ2) is 10.8. The molecule has 1 heterocycles. The lowest BCUT2D eigenvalue weighted by molar-refractivity contribution is -0.122. The van der Waals surface area contributed by atoms with Gasteiger partial charge in [-0.2, -0.15) is 0 Å². The van der Waals surface area contributed by atoms with E-state index < -0.39 is 23.7 Å². The summed E-state index contributed by atoms with van der Waals surface area (Å²) in [5, 5.41) is 2.70. The minimum atomic E-state index is -0.880. The molecule has 1 saturated heterocycles. The van der Waals surface area contributed by atoms with Crippen LogP contribution >= 0.6 is 23.2 Å². The number of hydrogen-bond acceptors (Lipinski definition) is 5. The van der Waals surface area contributed by atoms with Gasteiger partial charge in [-0.3, -0.25) is 14.9 Å². The van der Waals surface area contributed by atoms with Crippen molar-refractivity contribution in [1.29, 1.82) is 0 Å². The van der Waals surface area contributed by atoms with Gasteiger partial charge in [0.05, 0.1) is 17.3 Å². The van der Waals surface area contributed by atoms with Crippen molar-refractivity contribution in [1.82, 2.24) is 5.32 Å². The molecule has 0 spiro atoms. The normalized spacial score (nSPS) is 14.7. The molecule has 4 rings (SSSR count). The monoisotopic (exact) mass is 528 g/mol. The van der Waals surface area contributed by atoms with E-state index in [4.69, 9.17) is 32.7 Å². The number of carbonyl (C=O) groups is 3. The minimum Gasteiger partial charge on any atom is -0.490 e. The predicted molar refractivity (Wildman–Crippen MR) is 134 cm³/mol. The number of barbiturate groups is 1. The number of urea groups is 1. The molecule has 4 amide bonds. The fourth-order valence-electron chi connectivity index (χ4n) is 3.49. The second-order valence-corrected chi connectivity index (χ2v) is 8.42. The van der Waals surface area contributed by atoms with Crippen molar-refractivity contribution in [3.8, 4) is 11.5 Å². The van der Waals surface area contributed by atoms with Crippen LogP contribution in [-0.4, -0.2) is 24.5 Å². The number of benzene rings is 3. The van der Waals surface area contributed by atoms with Crippen molar-refractivity contribution in [2.45, 2.75) is 13.5 Å². The summed E-state index contributed by atoms with van der Waals surface area (Å²) in [5.74, 6) is -1.68. The SMILES string of the molecule is CCOc1cc(/C=C2\C(=O)NC(=O)N(c3ccc(Cl)cc3)C2=O)cc(Cl)c1OCc1ccccc1F. The summed E-state index contributed by atoms with van der Waals surface area (Å²) in [5.41, 5.74) is 0.637. The fraction of sp³-hybridized carbons (Fsp3) is 0.115.